The van der Waals surface area contributed by atoms with Crippen LogP contribution in [0.3, 0.4) is 0 Å². The van der Waals surface area contributed by atoms with Crippen molar-refractivity contribution in [2.24, 2.45) is 17.8 Å². The number of methoxy groups -OCH3 is 1. The van der Waals surface area contributed by atoms with E-state index >= 15 is 0 Å². The first-order chi connectivity index (χ1) is 11.7. The molecule has 7 atom stereocenters. The van der Waals surface area contributed by atoms with Gasteiger partial charge < -0.3 is 19.7 Å². The van der Waals surface area contributed by atoms with Crippen LogP contribution in [0, 0.1) is 17.8 Å². The quantitative estimate of drug-likeness (QED) is 0.751. The Bertz CT molecular complexity index is 615. The molecule has 2 aliphatic heterocycles. The Labute approximate surface area is 151 Å². The monoisotopic (exact) mass is 348 g/mol. The molecule has 3 rings (SSSR count). The van der Waals surface area contributed by atoms with Gasteiger partial charge in [0, 0.05) is 11.8 Å². The molecule has 0 aromatic rings. The zero-order valence-electron chi connectivity index (χ0n) is 16.1. The van der Waals surface area contributed by atoms with Crippen molar-refractivity contribution in [2.75, 3.05) is 7.11 Å². The van der Waals surface area contributed by atoms with Crippen molar-refractivity contribution in [2.45, 2.75) is 70.9 Å². The molecule has 0 aromatic heterocycles. The molecule has 140 valence electrons. The number of aliphatic hydroxyl groups is 2. The Kier molecular flexibility index (Phi) is 4.91. The highest BCUT2D eigenvalue weighted by Crippen LogP contribution is 2.54. The van der Waals surface area contributed by atoms with Crippen molar-refractivity contribution in [1.82, 2.24) is 0 Å². The number of allylic oxidation sites excluding steroid dienone is 2. The number of hydrogen-bond acceptors (Lipinski definition) is 4. The van der Waals surface area contributed by atoms with E-state index in [4.69, 9.17) is 9.47 Å². The van der Waals surface area contributed by atoms with Crippen molar-refractivity contribution in [3.05, 3.63) is 35.1 Å². The van der Waals surface area contributed by atoms with Crippen LogP contribution in [0.1, 0.15) is 47.0 Å². The van der Waals surface area contributed by atoms with Crippen LogP contribution in [0.25, 0.3) is 0 Å². The van der Waals surface area contributed by atoms with Crippen molar-refractivity contribution in [3.8, 4) is 0 Å². The van der Waals surface area contributed by atoms with Crippen LogP contribution in [0.4, 0.5) is 0 Å². The van der Waals surface area contributed by atoms with Gasteiger partial charge in [0.25, 0.3) is 0 Å². The van der Waals surface area contributed by atoms with Crippen LogP contribution in [-0.4, -0.2) is 41.2 Å². The molecule has 1 fully saturated rings. The van der Waals surface area contributed by atoms with E-state index in [1.165, 1.54) is 11.1 Å². The molecule has 25 heavy (non-hydrogen) atoms. The van der Waals surface area contributed by atoms with Gasteiger partial charge >= 0.3 is 0 Å². The summed E-state index contributed by atoms with van der Waals surface area (Å²) in [6.07, 6.45) is 2.81. The third-order valence-electron chi connectivity index (χ3n) is 6.52. The van der Waals surface area contributed by atoms with Crippen LogP contribution in [0.15, 0.2) is 35.1 Å². The maximum absolute atomic E-state index is 11.2. The van der Waals surface area contributed by atoms with Crippen molar-refractivity contribution in [1.29, 1.82) is 0 Å². The molecule has 4 nitrogen and oxygen atoms in total. The third kappa shape index (κ3) is 2.98. The van der Waals surface area contributed by atoms with E-state index in [2.05, 4.69) is 27.4 Å². The van der Waals surface area contributed by atoms with E-state index in [-0.39, 0.29) is 23.9 Å². The van der Waals surface area contributed by atoms with Gasteiger partial charge in [-0.2, -0.15) is 0 Å². The van der Waals surface area contributed by atoms with Gasteiger partial charge in [-0.15, -0.1) is 0 Å². The molecule has 2 bridgehead atoms. The largest absolute Gasteiger partial charge is 0.501 e. The molecule has 0 unspecified atom stereocenters. The summed E-state index contributed by atoms with van der Waals surface area (Å²) < 4.78 is 12.2. The number of aliphatic hydroxyl groups excluding tert-OH is 1. The van der Waals surface area contributed by atoms with E-state index in [0.717, 1.165) is 24.2 Å². The SMILES string of the molecule is C=C(C)[C@H]1CC(C)=C(OC)[C@H]2[C@@H]1[C@H]1O[C@@H]2C/C(C)=C\C[C@H](O)[C@@]1(C)O. The fraction of sp³-hybridized carbons (Fsp3) is 0.714. The van der Waals surface area contributed by atoms with E-state index in [1.807, 2.05) is 6.08 Å². The summed E-state index contributed by atoms with van der Waals surface area (Å²) in [6, 6.07) is 0. The van der Waals surface area contributed by atoms with E-state index in [0.29, 0.717) is 6.42 Å². The van der Waals surface area contributed by atoms with Crippen molar-refractivity contribution < 1.29 is 19.7 Å². The highest BCUT2D eigenvalue weighted by atomic mass is 16.5. The summed E-state index contributed by atoms with van der Waals surface area (Å²) in [5.41, 5.74) is 2.22. The molecule has 2 heterocycles. The lowest BCUT2D eigenvalue weighted by Gasteiger charge is -2.43. The molecule has 4 heteroatoms. The summed E-state index contributed by atoms with van der Waals surface area (Å²) in [4.78, 5) is 0. The second kappa shape index (κ2) is 6.57. The second-order valence-electron chi connectivity index (χ2n) is 8.44. The lowest BCUT2D eigenvalue weighted by atomic mass is 9.64. The summed E-state index contributed by atoms with van der Waals surface area (Å²) in [6.45, 7) is 12.2. The van der Waals surface area contributed by atoms with Gasteiger partial charge in [0.2, 0.25) is 0 Å². The predicted molar refractivity (Wildman–Crippen MR) is 97.9 cm³/mol. The minimum absolute atomic E-state index is 0.0462. The van der Waals surface area contributed by atoms with Crippen LogP contribution in [-0.2, 0) is 9.47 Å². The summed E-state index contributed by atoms with van der Waals surface area (Å²) in [7, 11) is 1.73. The fourth-order valence-electron chi connectivity index (χ4n) is 5.11. The van der Waals surface area contributed by atoms with Crippen LogP contribution in [0.5, 0.6) is 0 Å². The van der Waals surface area contributed by atoms with Crippen LogP contribution < -0.4 is 0 Å². The normalized spacial score (nSPS) is 46.4. The second-order valence-corrected chi connectivity index (χ2v) is 8.44. The molecule has 3 aliphatic rings. The number of fused-ring (bicyclic) bond motifs is 5. The molecule has 1 saturated heterocycles. The Morgan fingerprint density at radius 3 is 2.64 bits per heavy atom. The molecule has 0 amide bonds. The average molecular weight is 348 g/mol. The van der Waals surface area contributed by atoms with Gasteiger partial charge in [-0.25, -0.2) is 0 Å². The van der Waals surface area contributed by atoms with E-state index in [9.17, 15) is 10.2 Å². The topological polar surface area (TPSA) is 58.9 Å². The molecule has 1 aliphatic carbocycles. The first-order valence-electron chi connectivity index (χ1n) is 9.29. The Balaban J connectivity index is 2.14. The predicted octanol–water partition coefficient (Wildman–Crippen LogP) is 3.35. The van der Waals surface area contributed by atoms with Gasteiger partial charge in [-0.3, -0.25) is 0 Å². The minimum atomic E-state index is -1.31. The molecule has 0 spiro atoms. The summed E-state index contributed by atoms with van der Waals surface area (Å²) >= 11 is 0. The zero-order chi connectivity index (χ0) is 18.5. The molecule has 0 saturated carbocycles. The van der Waals surface area contributed by atoms with Crippen LogP contribution >= 0.6 is 0 Å². The summed E-state index contributed by atoms with van der Waals surface area (Å²) in [5, 5.41) is 21.9. The maximum atomic E-state index is 11.2. The van der Waals surface area contributed by atoms with E-state index < -0.39 is 17.8 Å². The molecule has 0 aromatic carbocycles. The molecule has 2 N–H and O–H groups in total. The number of hydrogen-bond donors (Lipinski definition) is 2. The van der Waals surface area contributed by atoms with Gasteiger partial charge in [-0.05, 0) is 58.4 Å². The van der Waals surface area contributed by atoms with Crippen molar-refractivity contribution >= 4 is 0 Å². The third-order valence-corrected chi connectivity index (χ3v) is 6.52. The molecule has 0 radical (unpaired) electrons. The standard InChI is InChI=1S/C21H32O4/c1-11(2)14-10-13(4)19(24-6)18-15-9-12(3)7-8-16(22)21(5,23)20(25-15)17(14)18/h7,14-18,20,22-23H,1,8-10H2,2-6H3/b12-7-/t14-,15-,16+,17-,18-,20-,21-/m1/s1. The number of rotatable bonds is 2. The van der Waals surface area contributed by atoms with Gasteiger partial charge in [-0.1, -0.05) is 23.8 Å². The van der Waals surface area contributed by atoms with E-state index in [1.54, 1.807) is 14.0 Å². The maximum Gasteiger partial charge on any atom is 0.114 e. The first kappa shape index (κ1) is 18.7. The van der Waals surface area contributed by atoms with Crippen molar-refractivity contribution in [3.63, 3.8) is 0 Å². The smallest absolute Gasteiger partial charge is 0.114 e. The lowest BCUT2D eigenvalue weighted by molar-refractivity contribution is -0.161. The Hall–Kier alpha value is -1.10. The Morgan fingerprint density at radius 2 is 2.04 bits per heavy atom. The van der Waals surface area contributed by atoms with Gasteiger partial charge in [0.1, 0.15) is 11.4 Å². The van der Waals surface area contributed by atoms with Gasteiger partial charge in [0.15, 0.2) is 0 Å². The Morgan fingerprint density at radius 1 is 1.36 bits per heavy atom. The highest BCUT2D eigenvalue weighted by Gasteiger charge is 2.59. The number of ether oxygens (including phenoxy) is 2. The first-order valence-corrected chi connectivity index (χ1v) is 9.29. The molecular formula is C21H32O4. The fourth-order valence-corrected chi connectivity index (χ4v) is 5.11. The average Bonchev–Trinajstić information content (AvgIpc) is 2.92. The van der Waals surface area contributed by atoms with Crippen LogP contribution in [0.2, 0.25) is 0 Å². The highest BCUT2D eigenvalue weighted by molar-refractivity contribution is 5.27. The lowest BCUT2D eigenvalue weighted by Crippen LogP contribution is -2.54. The summed E-state index contributed by atoms with van der Waals surface area (Å²) in [5.74, 6) is 1.37. The zero-order valence-corrected chi connectivity index (χ0v) is 16.1. The van der Waals surface area contributed by atoms with Gasteiger partial charge in [0.05, 0.1) is 25.4 Å². The molecular weight excluding hydrogens is 316 g/mol. The minimum Gasteiger partial charge on any atom is -0.501 e.